The van der Waals surface area contributed by atoms with Crippen molar-refractivity contribution in [2.24, 2.45) is 0 Å². The lowest BCUT2D eigenvalue weighted by Gasteiger charge is -2.15. The van der Waals surface area contributed by atoms with Crippen molar-refractivity contribution in [2.75, 3.05) is 32.9 Å². The summed E-state index contributed by atoms with van der Waals surface area (Å²) in [5, 5.41) is 14.8. The molecule has 23 heavy (non-hydrogen) atoms. The summed E-state index contributed by atoms with van der Waals surface area (Å²) in [6.07, 6.45) is 0.419. The van der Waals surface area contributed by atoms with Crippen LogP contribution in [0.25, 0.3) is 0 Å². The highest BCUT2D eigenvalue weighted by Crippen LogP contribution is 2.15. The summed E-state index contributed by atoms with van der Waals surface area (Å²) < 4.78 is 37.0. The van der Waals surface area contributed by atoms with Gasteiger partial charge in [-0.05, 0) is 12.5 Å². The molecule has 0 radical (unpaired) electrons. The summed E-state index contributed by atoms with van der Waals surface area (Å²) in [5.41, 5.74) is 0.113. The third kappa shape index (κ3) is 6.93. The van der Waals surface area contributed by atoms with Crippen molar-refractivity contribution >= 4 is 16.1 Å². The Labute approximate surface area is 135 Å². The lowest BCUT2D eigenvalue weighted by atomic mass is 10.1. The second-order valence-corrected chi connectivity index (χ2v) is 7.20. The van der Waals surface area contributed by atoms with Crippen LogP contribution in [-0.2, 0) is 10.0 Å². The largest absolute Gasteiger partial charge is 0.386 e. The molecule has 1 aromatic rings. The minimum absolute atomic E-state index is 0.113. The molecule has 7 nitrogen and oxygen atoms in total. The van der Waals surface area contributed by atoms with E-state index in [0.717, 1.165) is 6.26 Å². The van der Waals surface area contributed by atoms with Gasteiger partial charge in [0.25, 0.3) is 0 Å². The molecule has 0 bridgehead atoms. The number of urea groups is 1. The van der Waals surface area contributed by atoms with E-state index >= 15 is 0 Å². The first-order valence-corrected chi connectivity index (χ1v) is 8.92. The van der Waals surface area contributed by atoms with Gasteiger partial charge >= 0.3 is 6.03 Å². The minimum Gasteiger partial charge on any atom is -0.386 e. The zero-order valence-electron chi connectivity index (χ0n) is 13.1. The molecular formula is C14H22FN3O4S. The number of aliphatic hydroxyl groups excluding tert-OH is 1. The fourth-order valence-electron chi connectivity index (χ4n) is 1.78. The number of rotatable bonds is 8. The number of hydrogen-bond acceptors (Lipinski definition) is 4. The molecule has 0 fully saturated rings. The predicted octanol–water partition coefficient (Wildman–Crippen LogP) is 0.440. The maximum atomic E-state index is 13.4. The summed E-state index contributed by atoms with van der Waals surface area (Å²) in [7, 11) is -1.76. The molecule has 1 aromatic carbocycles. The van der Waals surface area contributed by atoms with Gasteiger partial charge in [0.2, 0.25) is 10.0 Å². The number of benzene rings is 1. The highest BCUT2D eigenvalue weighted by atomic mass is 32.2. The molecule has 0 heterocycles. The van der Waals surface area contributed by atoms with Crippen molar-refractivity contribution in [1.29, 1.82) is 0 Å². The van der Waals surface area contributed by atoms with E-state index in [1.165, 1.54) is 29.6 Å². The van der Waals surface area contributed by atoms with E-state index in [2.05, 4.69) is 10.6 Å². The summed E-state index contributed by atoms with van der Waals surface area (Å²) >= 11 is 0. The van der Waals surface area contributed by atoms with E-state index in [1.807, 2.05) is 0 Å². The number of aliphatic hydroxyl groups is 1. The van der Waals surface area contributed by atoms with Gasteiger partial charge in [-0.15, -0.1) is 0 Å². The highest BCUT2D eigenvalue weighted by Gasteiger charge is 2.13. The Bertz CT molecular complexity index is 624. The average molecular weight is 347 g/mol. The number of carbonyl (C=O) groups excluding carboxylic acids is 1. The Morgan fingerprint density at radius 2 is 2.00 bits per heavy atom. The topological polar surface area (TPSA) is 98.7 Å². The average Bonchev–Trinajstić information content (AvgIpc) is 2.48. The lowest BCUT2D eigenvalue weighted by Crippen LogP contribution is -2.39. The molecule has 0 spiro atoms. The minimum atomic E-state index is -3.22. The van der Waals surface area contributed by atoms with Gasteiger partial charge in [-0.2, -0.15) is 0 Å². The number of hydrogen-bond donors (Lipinski definition) is 3. The summed E-state index contributed by atoms with van der Waals surface area (Å²) in [6, 6.07) is 5.28. The first kappa shape index (κ1) is 19.3. The van der Waals surface area contributed by atoms with Crippen molar-refractivity contribution in [3.8, 4) is 0 Å². The quantitative estimate of drug-likeness (QED) is 0.594. The third-order valence-electron chi connectivity index (χ3n) is 3.22. The number of amides is 2. The van der Waals surface area contributed by atoms with E-state index in [1.54, 1.807) is 6.07 Å². The molecule has 0 unspecified atom stereocenters. The predicted molar refractivity (Wildman–Crippen MR) is 84.9 cm³/mol. The smallest absolute Gasteiger partial charge is 0.314 e. The van der Waals surface area contributed by atoms with Gasteiger partial charge in [0.1, 0.15) is 5.82 Å². The number of carbonyl (C=O) groups is 1. The van der Waals surface area contributed by atoms with Gasteiger partial charge in [0, 0.05) is 32.2 Å². The molecule has 0 aliphatic heterocycles. The van der Waals surface area contributed by atoms with Gasteiger partial charge in [0.05, 0.1) is 12.4 Å². The van der Waals surface area contributed by atoms with Crippen molar-refractivity contribution in [1.82, 2.24) is 14.9 Å². The number of halogens is 1. The van der Waals surface area contributed by atoms with Crippen LogP contribution >= 0.6 is 0 Å². The molecule has 130 valence electrons. The highest BCUT2D eigenvalue weighted by molar-refractivity contribution is 7.88. The van der Waals surface area contributed by atoms with Crippen LogP contribution < -0.4 is 10.6 Å². The Morgan fingerprint density at radius 1 is 1.35 bits per heavy atom. The van der Waals surface area contributed by atoms with Crippen LogP contribution in [0.1, 0.15) is 18.1 Å². The summed E-state index contributed by atoms with van der Waals surface area (Å²) in [5.74, 6) is -0.536. The molecule has 0 aliphatic rings. The molecule has 0 aromatic heterocycles. The first-order valence-electron chi connectivity index (χ1n) is 7.07. The van der Waals surface area contributed by atoms with Crippen LogP contribution in [0.4, 0.5) is 9.18 Å². The van der Waals surface area contributed by atoms with Gasteiger partial charge < -0.3 is 15.7 Å². The molecule has 3 N–H and O–H groups in total. The molecule has 0 aliphatic carbocycles. The molecule has 1 atom stereocenters. The molecule has 0 saturated carbocycles. The Hall–Kier alpha value is -1.71. The Balaban J connectivity index is 2.26. The van der Waals surface area contributed by atoms with Crippen LogP contribution in [0.3, 0.4) is 0 Å². The summed E-state index contributed by atoms with van der Waals surface area (Å²) in [6.45, 7) is 0.439. The third-order valence-corrected chi connectivity index (χ3v) is 4.54. The molecular weight excluding hydrogens is 325 g/mol. The van der Waals surface area contributed by atoms with Gasteiger partial charge in [0.15, 0.2) is 0 Å². The van der Waals surface area contributed by atoms with Crippen molar-refractivity contribution in [3.63, 3.8) is 0 Å². The lowest BCUT2D eigenvalue weighted by molar-refractivity contribution is 0.169. The maximum Gasteiger partial charge on any atom is 0.314 e. The monoisotopic (exact) mass is 347 g/mol. The fraction of sp³-hybridized carbons (Fsp3) is 0.500. The number of sulfonamides is 1. The van der Waals surface area contributed by atoms with Crippen LogP contribution in [-0.4, -0.2) is 56.8 Å². The van der Waals surface area contributed by atoms with Crippen LogP contribution in [0.5, 0.6) is 0 Å². The molecule has 1 rings (SSSR count). The SMILES string of the molecule is CN(CCCNC(=O)NC[C@@H](O)c1ccccc1F)S(C)(=O)=O. The number of nitrogens with one attached hydrogen (secondary N) is 2. The van der Waals surface area contributed by atoms with E-state index in [-0.39, 0.29) is 25.2 Å². The normalized spacial score (nSPS) is 12.9. The molecule has 0 saturated heterocycles. The molecule has 9 heteroatoms. The van der Waals surface area contributed by atoms with E-state index < -0.39 is 28.0 Å². The van der Waals surface area contributed by atoms with Gasteiger partial charge in [-0.3, -0.25) is 0 Å². The second-order valence-electron chi connectivity index (χ2n) is 5.11. The van der Waals surface area contributed by atoms with Crippen LogP contribution in [0.2, 0.25) is 0 Å². The second kappa shape index (κ2) is 8.80. The zero-order chi connectivity index (χ0) is 17.5. The van der Waals surface area contributed by atoms with E-state index in [0.29, 0.717) is 6.42 Å². The van der Waals surface area contributed by atoms with E-state index in [9.17, 15) is 22.7 Å². The molecule has 2 amide bonds. The van der Waals surface area contributed by atoms with Crippen LogP contribution in [0.15, 0.2) is 24.3 Å². The summed E-state index contributed by atoms with van der Waals surface area (Å²) in [4.78, 5) is 11.5. The van der Waals surface area contributed by atoms with Crippen molar-refractivity contribution in [3.05, 3.63) is 35.6 Å². The number of nitrogens with zero attached hydrogens (tertiary/aromatic N) is 1. The Kier molecular flexibility index (Phi) is 7.40. The van der Waals surface area contributed by atoms with Gasteiger partial charge in [-0.25, -0.2) is 21.9 Å². The zero-order valence-corrected chi connectivity index (χ0v) is 13.9. The first-order chi connectivity index (χ1) is 10.7. The fourth-order valence-corrected chi connectivity index (χ4v) is 2.24. The standard InChI is InChI=1S/C14H22FN3O4S/c1-18(23(2,21)22)9-5-8-16-14(20)17-10-13(19)11-6-3-4-7-12(11)15/h3-4,6-7,13,19H,5,8-10H2,1-2H3,(H2,16,17,20)/t13-/m1/s1. The maximum absolute atomic E-state index is 13.4. The van der Waals surface area contributed by atoms with Crippen LogP contribution in [0, 0.1) is 5.82 Å². The van der Waals surface area contributed by atoms with Crippen molar-refractivity contribution < 1.29 is 22.7 Å². The Morgan fingerprint density at radius 3 is 2.61 bits per heavy atom. The van der Waals surface area contributed by atoms with Gasteiger partial charge in [-0.1, -0.05) is 18.2 Å². The van der Waals surface area contributed by atoms with E-state index in [4.69, 9.17) is 0 Å². The van der Waals surface area contributed by atoms with Crippen molar-refractivity contribution in [2.45, 2.75) is 12.5 Å².